The molecule has 1 aromatic heterocycles. The molecule has 3 N–H and O–H groups in total. The summed E-state index contributed by atoms with van der Waals surface area (Å²) in [4.78, 5) is 23.3. The highest BCUT2D eigenvalue weighted by atomic mass is 16.5. The van der Waals surface area contributed by atoms with Crippen LogP contribution in [0.1, 0.15) is 16.8 Å². The maximum absolute atomic E-state index is 12.2. The first kappa shape index (κ1) is 14.0. The highest BCUT2D eigenvalue weighted by Crippen LogP contribution is 2.15. The van der Waals surface area contributed by atoms with Gasteiger partial charge in [0.25, 0.3) is 5.91 Å². The van der Waals surface area contributed by atoms with E-state index in [9.17, 15) is 9.59 Å². The number of hydrogen-bond acceptors (Lipinski definition) is 4. The number of aromatic amines is 1. The van der Waals surface area contributed by atoms with Gasteiger partial charge in [-0.3, -0.25) is 9.89 Å². The standard InChI is InChI=1S/C13H15N3O4/c1-20-6-5-10(13(18)19)15-12(17)9-4-2-3-8-7-14-16-11(8)9/h2-4,7,10H,5-6H2,1H3,(H,14,16)(H,15,17)(H,18,19). The van der Waals surface area contributed by atoms with Gasteiger partial charge in [-0.25, -0.2) is 4.79 Å². The number of nitrogens with zero attached hydrogens (tertiary/aromatic N) is 1. The van der Waals surface area contributed by atoms with E-state index in [1.165, 1.54) is 7.11 Å². The van der Waals surface area contributed by atoms with Crippen molar-refractivity contribution in [2.75, 3.05) is 13.7 Å². The molecule has 0 aliphatic carbocycles. The van der Waals surface area contributed by atoms with Crippen molar-refractivity contribution in [3.05, 3.63) is 30.0 Å². The molecule has 1 amide bonds. The van der Waals surface area contributed by atoms with Crippen molar-refractivity contribution in [2.24, 2.45) is 0 Å². The van der Waals surface area contributed by atoms with E-state index in [4.69, 9.17) is 9.84 Å². The molecular formula is C13H15N3O4. The van der Waals surface area contributed by atoms with Crippen LogP contribution < -0.4 is 5.32 Å². The van der Waals surface area contributed by atoms with E-state index in [2.05, 4.69) is 15.5 Å². The lowest BCUT2D eigenvalue weighted by molar-refractivity contribution is -0.139. The number of H-pyrrole nitrogens is 1. The lowest BCUT2D eigenvalue weighted by atomic mass is 10.1. The molecule has 0 fully saturated rings. The molecule has 20 heavy (non-hydrogen) atoms. The molecule has 1 aromatic carbocycles. The average Bonchev–Trinajstić information content (AvgIpc) is 2.90. The number of carbonyl (C=O) groups is 2. The molecule has 0 spiro atoms. The first-order valence-corrected chi connectivity index (χ1v) is 6.08. The van der Waals surface area contributed by atoms with E-state index >= 15 is 0 Å². The largest absolute Gasteiger partial charge is 0.480 e. The van der Waals surface area contributed by atoms with Crippen LogP contribution in [0.5, 0.6) is 0 Å². The number of hydrogen-bond donors (Lipinski definition) is 3. The Balaban J connectivity index is 2.18. The van der Waals surface area contributed by atoms with Gasteiger partial charge in [0.2, 0.25) is 0 Å². The van der Waals surface area contributed by atoms with E-state index in [1.54, 1.807) is 18.3 Å². The highest BCUT2D eigenvalue weighted by molar-refractivity contribution is 6.06. The van der Waals surface area contributed by atoms with Crippen molar-refractivity contribution in [3.63, 3.8) is 0 Å². The summed E-state index contributed by atoms with van der Waals surface area (Å²) in [5.74, 6) is -1.55. The summed E-state index contributed by atoms with van der Waals surface area (Å²) in [6.45, 7) is 0.255. The van der Waals surface area contributed by atoms with Gasteiger partial charge in [0, 0.05) is 25.5 Å². The van der Waals surface area contributed by atoms with Crippen molar-refractivity contribution in [1.82, 2.24) is 15.5 Å². The predicted molar refractivity (Wildman–Crippen MR) is 71.5 cm³/mol. The number of methoxy groups -OCH3 is 1. The molecule has 1 heterocycles. The Hall–Kier alpha value is -2.41. The van der Waals surface area contributed by atoms with Gasteiger partial charge in [0.05, 0.1) is 17.3 Å². The smallest absolute Gasteiger partial charge is 0.326 e. The molecule has 0 saturated heterocycles. The van der Waals surface area contributed by atoms with Gasteiger partial charge in [-0.15, -0.1) is 0 Å². The van der Waals surface area contributed by atoms with Crippen LogP contribution in [-0.2, 0) is 9.53 Å². The fraction of sp³-hybridized carbons (Fsp3) is 0.308. The summed E-state index contributed by atoms with van der Waals surface area (Å²) in [5, 5.41) is 19.0. The van der Waals surface area contributed by atoms with Gasteiger partial charge in [0.15, 0.2) is 0 Å². The Kier molecular flexibility index (Phi) is 4.31. The third-order valence-corrected chi connectivity index (χ3v) is 2.94. The minimum absolute atomic E-state index is 0.205. The summed E-state index contributed by atoms with van der Waals surface area (Å²) < 4.78 is 4.84. The maximum atomic E-state index is 12.2. The van der Waals surface area contributed by atoms with Crippen molar-refractivity contribution in [1.29, 1.82) is 0 Å². The van der Waals surface area contributed by atoms with Crippen molar-refractivity contribution in [3.8, 4) is 0 Å². The zero-order chi connectivity index (χ0) is 14.5. The topological polar surface area (TPSA) is 104 Å². The van der Waals surface area contributed by atoms with E-state index in [0.29, 0.717) is 11.1 Å². The summed E-state index contributed by atoms with van der Waals surface area (Å²) in [6.07, 6.45) is 1.81. The lowest BCUT2D eigenvalue weighted by Crippen LogP contribution is -2.41. The minimum atomic E-state index is -1.09. The molecular weight excluding hydrogens is 262 g/mol. The molecule has 106 valence electrons. The first-order valence-electron chi connectivity index (χ1n) is 6.08. The summed E-state index contributed by atoms with van der Waals surface area (Å²) in [5.41, 5.74) is 0.949. The van der Waals surface area contributed by atoms with E-state index in [0.717, 1.165) is 5.39 Å². The Morgan fingerprint density at radius 1 is 1.50 bits per heavy atom. The number of aromatic nitrogens is 2. The normalized spacial score (nSPS) is 12.2. The maximum Gasteiger partial charge on any atom is 0.326 e. The number of para-hydroxylation sites is 1. The monoisotopic (exact) mass is 277 g/mol. The second-order valence-corrected chi connectivity index (χ2v) is 4.29. The number of carbonyl (C=O) groups excluding carboxylic acids is 1. The number of carboxylic acid groups (broad SMARTS) is 1. The Labute approximate surface area is 114 Å². The van der Waals surface area contributed by atoms with Gasteiger partial charge in [-0.2, -0.15) is 5.10 Å². The van der Waals surface area contributed by atoms with E-state index in [1.807, 2.05) is 6.07 Å². The predicted octanol–water partition coefficient (Wildman–Crippen LogP) is 0.782. The van der Waals surface area contributed by atoms with Gasteiger partial charge in [-0.05, 0) is 6.07 Å². The van der Waals surface area contributed by atoms with Crippen LogP contribution in [0.2, 0.25) is 0 Å². The second-order valence-electron chi connectivity index (χ2n) is 4.29. The average molecular weight is 277 g/mol. The molecule has 0 saturated carbocycles. The third kappa shape index (κ3) is 2.94. The van der Waals surface area contributed by atoms with Crippen LogP contribution in [0.25, 0.3) is 10.9 Å². The highest BCUT2D eigenvalue weighted by Gasteiger charge is 2.21. The lowest BCUT2D eigenvalue weighted by Gasteiger charge is -2.14. The van der Waals surface area contributed by atoms with Crippen LogP contribution in [0.3, 0.4) is 0 Å². The van der Waals surface area contributed by atoms with Gasteiger partial charge < -0.3 is 15.2 Å². The number of amides is 1. The zero-order valence-electron chi connectivity index (χ0n) is 10.9. The van der Waals surface area contributed by atoms with Crippen LogP contribution >= 0.6 is 0 Å². The second kappa shape index (κ2) is 6.16. The molecule has 1 unspecified atom stereocenters. The van der Waals surface area contributed by atoms with Crippen LogP contribution in [0.15, 0.2) is 24.4 Å². The zero-order valence-corrected chi connectivity index (χ0v) is 10.9. The van der Waals surface area contributed by atoms with Crippen LogP contribution in [-0.4, -0.2) is 46.9 Å². The quantitative estimate of drug-likeness (QED) is 0.724. The summed E-state index contributed by atoms with van der Waals surface area (Å²) in [7, 11) is 1.48. The summed E-state index contributed by atoms with van der Waals surface area (Å²) in [6, 6.07) is 4.17. The molecule has 0 radical (unpaired) electrons. The SMILES string of the molecule is COCCC(NC(=O)c1cccc2cn[nH]c12)C(=O)O. The van der Waals surface area contributed by atoms with Crippen LogP contribution in [0, 0.1) is 0 Å². The van der Waals surface area contributed by atoms with E-state index in [-0.39, 0.29) is 13.0 Å². The third-order valence-electron chi connectivity index (χ3n) is 2.94. The van der Waals surface area contributed by atoms with Crippen molar-refractivity contribution < 1.29 is 19.4 Å². The van der Waals surface area contributed by atoms with Crippen molar-refractivity contribution in [2.45, 2.75) is 12.5 Å². The molecule has 7 nitrogen and oxygen atoms in total. The fourth-order valence-corrected chi connectivity index (χ4v) is 1.89. The molecule has 7 heteroatoms. The number of carboxylic acids is 1. The molecule has 1 atom stereocenters. The fourth-order valence-electron chi connectivity index (χ4n) is 1.89. The van der Waals surface area contributed by atoms with Crippen LogP contribution in [0.4, 0.5) is 0 Å². The molecule has 2 rings (SSSR count). The number of ether oxygens (including phenoxy) is 1. The van der Waals surface area contributed by atoms with Gasteiger partial charge in [-0.1, -0.05) is 12.1 Å². The molecule has 0 bridgehead atoms. The molecule has 0 aliphatic rings. The van der Waals surface area contributed by atoms with Gasteiger partial charge >= 0.3 is 5.97 Å². The van der Waals surface area contributed by atoms with Crippen molar-refractivity contribution >= 4 is 22.8 Å². The molecule has 2 aromatic rings. The number of benzene rings is 1. The number of aliphatic carboxylic acids is 1. The Morgan fingerprint density at radius 2 is 2.30 bits per heavy atom. The molecule has 0 aliphatic heterocycles. The first-order chi connectivity index (χ1) is 9.63. The Bertz CT molecular complexity index is 623. The Morgan fingerprint density at radius 3 is 3.00 bits per heavy atom. The van der Waals surface area contributed by atoms with Gasteiger partial charge in [0.1, 0.15) is 6.04 Å². The minimum Gasteiger partial charge on any atom is -0.480 e. The summed E-state index contributed by atoms with van der Waals surface area (Å²) >= 11 is 0. The number of rotatable bonds is 6. The van der Waals surface area contributed by atoms with E-state index < -0.39 is 17.9 Å². The number of fused-ring (bicyclic) bond motifs is 1. The number of nitrogens with one attached hydrogen (secondary N) is 2.